The molecule has 1 aliphatic rings. The second-order valence-corrected chi connectivity index (χ2v) is 7.51. The number of alkyl halides is 3. The van der Waals surface area contributed by atoms with Crippen molar-refractivity contribution in [1.29, 1.82) is 0 Å². The predicted octanol–water partition coefficient (Wildman–Crippen LogP) is 6.71. The second kappa shape index (κ2) is 6.98. The van der Waals surface area contributed by atoms with Crippen LogP contribution in [0, 0.1) is 12.3 Å². The van der Waals surface area contributed by atoms with Crippen LogP contribution >= 0.6 is 23.2 Å². The normalized spacial score (nSPS) is 19.0. The standard InChI is InChI=1S/C22H12Cl2F3NO/c1-2-13-7-8-19(18-6-4-3-5-17(13)18)20-12-21(29-28-20,22(25,26)27)14-9-15(23)11-16(24)10-14/h1,3-11H,12H2. The van der Waals surface area contributed by atoms with Gasteiger partial charge < -0.3 is 4.84 Å². The van der Waals surface area contributed by atoms with E-state index in [0.29, 0.717) is 16.5 Å². The Morgan fingerprint density at radius 3 is 2.28 bits per heavy atom. The lowest BCUT2D eigenvalue weighted by Gasteiger charge is -2.29. The van der Waals surface area contributed by atoms with E-state index in [0.717, 1.165) is 5.39 Å². The Kier molecular flexibility index (Phi) is 4.72. The van der Waals surface area contributed by atoms with E-state index < -0.39 is 18.2 Å². The van der Waals surface area contributed by atoms with E-state index in [4.69, 9.17) is 34.5 Å². The zero-order chi connectivity index (χ0) is 20.8. The topological polar surface area (TPSA) is 21.6 Å². The maximum absolute atomic E-state index is 14.2. The number of nitrogens with zero attached hydrogens (tertiary/aromatic N) is 1. The molecular weight excluding hydrogens is 422 g/mol. The molecule has 0 amide bonds. The molecule has 29 heavy (non-hydrogen) atoms. The van der Waals surface area contributed by atoms with E-state index in [2.05, 4.69) is 11.1 Å². The van der Waals surface area contributed by atoms with Crippen molar-refractivity contribution in [3.8, 4) is 12.3 Å². The number of fused-ring (bicyclic) bond motifs is 1. The lowest BCUT2D eigenvalue weighted by molar-refractivity contribution is -0.275. The number of hydrogen-bond donors (Lipinski definition) is 0. The Labute approximate surface area is 174 Å². The molecule has 7 heteroatoms. The summed E-state index contributed by atoms with van der Waals surface area (Å²) in [6.07, 6.45) is 0.275. The fraction of sp³-hybridized carbons (Fsp3) is 0.136. The smallest absolute Gasteiger partial charge is 0.374 e. The van der Waals surface area contributed by atoms with Crippen LogP contribution in [0.25, 0.3) is 10.8 Å². The van der Waals surface area contributed by atoms with Gasteiger partial charge in [0.15, 0.2) is 0 Å². The summed E-state index contributed by atoms with van der Waals surface area (Å²) in [5.41, 5.74) is -1.54. The molecule has 3 aromatic rings. The van der Waals surface area contributed by atoms with Gasteiger partial charge in [-0.2, -0.15) is 13.2 Å². The van der Waals surface area contributed by atoms with Gasteiger partial charge in [0.1, 0.15) is 0 Å². The van der Waals surface area contributed by atoms with Gasteiger partial charge in [0.05, 0.1) is 5.71 Å². The monoisotopic (exact) mass is 433 g/mol. The first-order valence-electron chi connectivity index (χ1n) is 8.52. The third kappa shape index (κ3) is 3.23. The minimum absolute atomic E-state index is 0.0806. The minimum atomic E-state index is -4.75. The first-order valence-corrected chi connectivity index (χ1v) is 9.28. The van der Waals surface area contributed by atoms with E-state index >= 15 is 0 Å². The van der Waals surface area contributed by atoms with Gasteiger partial charge >= 0.3 is 6.18 Å². The van der Waals surface area contributed by atoms with Crippen LogP contribution in [0.5, 0.6) is 0 Å². The minimum Gasteiger partial charge on any atom is -0.374 e. The summed E-state index contributed by atoms with van der Waals surface area (Å²) in [5, 5.41) is 5.44. The average Bonchev–Trinajstić information content (AvgIpc) is 3.13. The van der Waals surface area contributed by atoms with E-state index in [1.165, 1.54) is 18.2 Å². The second-order valence-electron chi connectivity index (χ2n) is 6.64. The lowest BCUT2D eigenvalue weighted by atomic mass is 9.85. The molecule has 1 aliphatic heterocycles. The first kappa shape index (κ1) is 19.6. The first-order chi connectivity index (χ1) is 13.7. The Morgan fingerprint density at radius 1 is 1.00 bits per heavy atom. The number of benzene rings is 3. The maximum atomic E-state index is 14.2. The van der Waals surface area contributed by atoms with Gasteiger partial charge in [-0.25, -0.2) is 0 Å². The van der Waals surface area contributed by atoms with Gasteiger partial charge in [-0.15, -0.1) is 6.42 Å². The van der Waals surface area contributed by atoms with Gasteiger partial charge in [0, 0.05) is 33.2 Å². The highest BCUT2D eigenvalue weighted by molar-refractivity contribution is 6.34. The SMILES string of the molecule is C#Cc1ccc(C2=NOC(c3cc(Cl)cc(Cl)c3)(C(F)(F)F)C2)c2ccccc12. The van der Waals surface area contributed by atoms with E-state index in [1.807, 2.05) is 12.1 Å². The molecular formula is C22H12Cl2F3NO. The summed E-state index contributed by atoms with van der Waals surface area (Å²) in [6, 6.07) is 14.3. The van der Waals surface area contributed by atoms with E-state index in [-0.39, 0.29) is 21.3 Å². The summed E-state index contributed by atoms with van der Waals surface area (Å²) in [6.45, 7) is 0. The van der Waals surface area contributed by atoms with Gasteiger partial charge in [-0.3, -0.25) is 0 Å². The Morgan fingerprint density at radius 2 is 1.66 bits per heavy atom. The third-order valence-corrected chi connectivity index (χ3v) is 5.34. The zero-order valence-corrected chi connectivity index (χ0v) is 16.2. The molecule has 0 aliphatic carbocycles. The summed E-state index contributed by atoms with van der Waals surface area (Å²) in [4.78, 5) is 5.08. The molecule has 146 valence electrons. The van der Waals surface area contributed by atoms with Crippen molar-refractivity contribution in [3.63, 3.8) is 0 Å². The van der Waals surface area contributed by atoms with Crippen LogP contribution in [0.3, 0.4) is 0 Å². The molecule has 0 saturated carbocycles. The molecule has 0 fully saturated rings. The molecule has 0 spiro atoms. The van der Waals surface area contributed by atoms with Crippen molar-refractivity contribution in [3.05, 3.63) is 81.3 Å². The number of hydrogen-bond acceptors (Lipinski definition) is 2. The highest BCUT2D eigenvalue weighted by Gasteiger charge is 2.62. The lowest BCUT2D eigenvalue weighted by Crippen LogP contribution is -2.42. The number of rotatable bonds is 2. The van der Waals surface area contributed by atoms with Crippen LogP contribution in [0.2, 0.25) is 10.0 Å². The molecule has 1 heterocycles. The Balaban J connectivity index is 1.84. The number of halogens is 5. The molecule has 0 N–H and O–H groups in total. The fourth-order valence-electron chi connectivity index (χ4n) is 3.51. The molecule has 0 aromatic heterocycles. The molecule has 1 atom stereocenters. The van der Waals surface area contributed by atoms with Crippen LogP contribution in [-0.2, 0) is 10.4 Å². The molecule has 1 unspecified atom stereocenters. The maximum Gasteiger partial charge on any atom is 0.435 e. The summed E-state index contributed by atoms with van der Waals surface area (Å²) in [5.74, 6) is 2.59. The van der Waals surface area contributed by atoms with Crippen LogP contribution in [0.1, 0.15) is 23.1 Å². The Hall–Kier alpha value is -2.68. The summed E-state index contributed by atoms with van der Waals surface area (Å²) in [7, 11) is 0. The van der Waals surface area contributed by atoms with Gasteiger partial charge in [-0.05, 0) is 35.0 Å². The molecule has 3 aromatic carbocycles. The van der Waals surface area contributed by atoms with Crippen molar-refractivity contribution in [2.45, 2.75) is 18.2 Å². The summed E-state index contributed by atoms with van der Waals surface area (Å²) < 4.78 is 42.5. The molecule has 4 rings (SSSR count). The number of oxime groups is 1. The van der Waals surface area contributed by atoms with Crippen molar-refractivity contribution in [2.24, 2.45) is 5.16 Å². The molecule has 0 radical (unpaired) electrons. The van der Waals surface area contributed by atoms with Crippen molar-refractivity contribution in [1.82, 2.24) is 0 Å². The van der Waals surface area contributed by atoms with E-state index in [1.54, 1.807) is 24.3 Å². The molecule has 0 bridgehead atoms. The Bertz CT molecular complexity index is 1180. The van der Waals surface area contributed by atoms with Crippen LogP contribution in [0.15, 0.2) is 59.8 Å². The molecule has 0 saturated heterocycles. The fourth-order valence-corrected chi connectivity index (χ4v) is 4.04. The number of terminal acetylenes is 1. The van der Waals surface area contributed by atoms with Gasteiger partial charge in [0.25, 0.3) is 5.60 Å². The van der Waals surface area contributed by atoms with Crippen molar-refractivity contribution >= 4 is 39.7 Å². The van der Waals surface area contributed by atoms with E-state index in [9.17, 15) is 13.2 Å². The summed E-state index contributed by atoms with van der Waals surface area (Å²) >= 11 is 11.9. The third-order valence-electron chi connectivity index (χ3n) is 4.91. The average molecular weight is 434 g/mol. The highest BCUT2D eigenvalue weighted by Crippen LogP contribution is 2.50. The van der Waals surface area contributed by atoms with Crippen LogP contribution in [0.4, 0.5) is 13.2 Å². The van der Waals surface area contributed by atoms with Gasteiger partial charge in [-0.1, -0.05) is 64.6 Å². The largest absolute Gasteiger partial charge is 0.435 e. The van der Waals surface area contributed by atoms with Crippen molar-refractivity contribution in [2.75, 3.05) is 0 Å². The highest BCUT2D eigenvalue weighted by atomic mass is 35.5. The van der Waals surface area contributed by atoms with Gasteiger partial charge in [0.2, 0.25) is 0 Å². The predicted molar refractivity (Wildman–Crippen MR) is 108 cm³/mol. The van der Waals surface area contributed by atoms with Crippen LogP contribution in [-0.4, -0.2) is 11.9 Å². The molecule has 2 nitrogen and oxygen atoms in total. The van der Waals surface area contributed by atoms with Crippen LogP contribution < -0.4 is 0 Å². The zero-order valence-electron chi connectivity index (χ0n) is 14.7. The van der Waals surface area contributed by atoms with Crippen molar-refractivity contribution < 1.29 is 18.0 Å². The quantitative estimate of drug-likeness (QED) is 0.411.